The molecule has 0 aliphatic carbocycles. The van der Waals surface area contributed by atoms with E-state index in [2.05, 4.69) is 15.8 Å². The fourth-order valence-electron chi connectivity index (χ4n) is 2.28. The Labute approximate surface area is 154 Å². The number of nitrogens with zero attached hydrogens (tertiary/aromatic N) is 1. The molecule has 2 N–H and O–H groups in total. The minimum Gasteiger partial charge on any atom is -0.469 e. The summed E-state index contributed by atoms with van der Waals surface area (Å²) in [5, 5.41) is 8.81. The van der Waals surface area contributed by atoms with E-state index in [0.29, 0.717) is 27.6 Å². The van der Waals surface area contributed by atoms with Crippen molar-refractivity contribution in [2.75, 3.05) is 5.32 Å². The summed E-state index contributed by atoms with van der Waals surface area (Å²) in [6, 6.07) is 12.5. The Morgan fingerprint density at radius 3 is 2.46 bits per heavy atom. The monoisotopic (exact) mass is 367 g/mol. The summed E-state index contributed by atoms with van der Waals surface area (Å²) in [5.74, 6) is 0.0810. The molecular weight excluding hydrogens is 350 g/mol. The molecular formula is C19H17N3O3S. The fraction of sp³-hybridized carbons (Fsp3) is 0.105. The zero-order chi connectivity index (χ0) is 18.5. The molecule has 0 aliphatic heterocycles. The second kappa shape index (κ2) is 7.79. The molecule has 0 saturated heterocycles. The average molecular weight is 367 g/mol. The first kappa shape index (κ1) is 17.6. The highest BCUT2D eigenvalue weighted by Crippen LogP contribution is 2.15. The number of thiophene rings is 1. The highest BCUT2D eigenvalue weighted by atomic mass is 32.1. The smallest absolute Gasteiger partial charge is 0.274 e. The molecule has 0 unspecified atom stereocenters. The van der Waals surface area contributed by atoms with Crippen LogP contribution in [0.3, 0.4) is 0 Å². The third kappa shape index (κ3) is 4.07. The number of nitrogens with one attached hydrogen (secondary N) is 2. The number of hydrogen-bond donors (Lipinski definition) is 2. The fourth-order valence-corrected chi connectivity index (χ4v) is 2.89. The molecule has 7 heteroatoms. The lowest BCUT2D eigenvalue weighted by molar-refractivity contribution is 0.0952. The summed E-state index contributed by atoms with van der Waals surface area (Å²) in [6.07, 6.45) is 1.46. The van der Waals surface area contributed by atoms with E-state index in [1.54, 1.807) is 38.1 Å². The van der Waals surface area contributed by atoms with Crippen LogP contribution in [0.4, 0.5) is 5.69 Å². The van der Waals surface area contributed by atoms with Gasteiger partial charge in [0.2, 0.25) is 0 Å². The molecule has 0 atom stereocenters. The van der Waals surface area contributed by atoms with Gasteiger partial charge in [0.05, 0.1) is 22.4 Å². The zero-order valence-corrected chi connectivity index (χ0v) is 15.1. The highest BCUT2D eigenvalue weighted by molar-refractivity contribution is 7.12. The third-order valence-corrected chi connectivity index (χ3v) is 4.60. The molecule has 3 rings (SSSR count). The van der Waals surface area contributed by atoms with Crippen LogP contribution in [0.2, 0.25) is 0 Å². The van der Waals surface area contributed by atoms with Gasteiger partial charge in [0.1, 0.15) is 5.76 Å². The van der Waals surface area contributed by atoms with E-state index in [1.165, 1.54) is 17.6 Å². The Hall–Kier alpha value is -3.19. The summed E-state index contributed by atoms with van der Waals surface area (Å²) in [7, 11) is 0. The first-order valence-electron chi connectivity index (χ1n) is 7.88. The van der Waals surface area contributed by atoms with Crippen molar-refractivity contribution in [1.82, 2.24) is 5.43 Å². The third-order valence-electron chi connectivity index (χ3n) is 3.73. The van der Waals surface area contributed by atoms with Gasteiger partial charge in [0, 0.05) is 5.69 Å². The normalized spacial score (nSPS) is 11.2. The molecule has 132 valence electrons. The van der Waals surface area contributed by atoms with Crippen LogP contribution in [0.15, 0.2) is 63.6 Å². The Morgan fingerprint density at radius 2 is 1.85 bits per heavy atom. The van der Waals surface area contributed by atoms with Crippen molar-refractivity contribution in [3.05, 3.63) is 75.9 Å². The van der Waals surface area contributed by atoms with Crippen LogP contribution in [0.25, 0.3) is 0 Å². The molecule has 0 saturated carbocycles. The Kier molecular flexibility index (Phi) is 5.28. The van der Waals surface area contributed by atoms with Gasteiger partial charge in [-0.1, -0.05) is 18.2 Å². The number of furan rings is 1. The van der Waals surface area contributed by atoms with Gasteiger partial charge in [-0.3, -0.25) is 9.59 Å². The van der Waals surface area contributed by atoms with Crippen LogP contribution in [0.1, 0.15) is 38.3 Å². The lowest BCUT2D eigenvalue weighted by Gasteiger charge is -2.06. The summed E-state index contributed by atoms with van der Waals surface area (Å²) >= 11 is 1.39. The highest BCUT2D eigenvalue weighted by Gasteiger charge is 2.11. The van der Waals surface area contributed by atoms with E-state index in [9.17, 15) is 9.59 Å². The van der Waals surface area contributed by atoms with Gasteiger partial charge >= 0.3 is 0 Å². The van der Waals surface area contributed by atoms with Crippen LogP contribution in [0.5, 0.6) is 0 Å². The maximum atomic E-state index is 12.0. The Bertz CT molecular complexity index is 941. The standard InChI is InChI=1S/C19H17N3O3S/c1-12(21-22-18(23)16-9-10-25-13(16)2)14-5-7-15(8-6-14)20-19(24)17-4-3-11-26-17/h3-11H,1-2H3,(H,20,24)(H,22,23)/b21-12+. The first-order chi connectivity index (χ1) is 12.5. The topological polar surface area (TPSA) is 83.7 Å². The predicted molar refractivity (Wildman–Crippen MR) is 102 cm³/mol. The summed E-state index contributed by atoms with van der Waals surface area (Å²) in [6.45, 7) is 3.51. The average Bonchev–Trinajstić information content (AvgIpc) is 3.31. The quantitative estimate of drug-likeness (QED) is 0.527. The van der Waals surface area contributed by atoms with Gasteiger partial charge < -0.3 is 9.73 Å². The maximum absolute atomic E-state index is 12.0. The molecule has 2 aromatic heterocycles. The Morgan fingerprint density at radius 1 is 1.08 bits per heavy atom. The summed E-state index contributed by atoms with van der Waals surface area (Å²) < 4.78 is 5.11. The second-order valence-corrected chi connectivity index (χ2v) is 6.49. The SMILES string of the molecule is C/C(=N\NC(=O)c1ccoc1C)c1ccc(NC(=O)c2cccs2)cc1. The molecule has 2 amide bonds. The summed E-state index contributed by atoms with van der Waals surface area (Å²) in [4.78, 5) is 24.7. The second-order valence-electron chi connectivity index (χ2n) is 5.54. The molecule has 1 aromatic carbocycles. The van der Waals surface area contributed by atoms with Crippen molar-refractivity contribution in [3.8, 4) is 0 Å². The van der Waals surface area contributed by atoms with Crippen LogP contribution in [-0.2, 0) is 0 Å². The predicted octanol–water partition coefficient (Wildman–Crippen LogP) is 4.06. The van der Waals surface area contributed by atoms with E-state index in [4.69, 9.17) is 4.42 Å². The van der Waals surface area contributed by atoms with Gasteiger partial charge in [0.25, 0.3) is 11.8 Å². The van der Waals surface area contributed by atoms with Gasteiger partial charge in [-0.2, -0.15) is 5.10 Å². The van der Waals surface area contributed by atoms with Crippen molar-refractivity contribution < 1.29 is 14.0 Å². The van der Waals surface area contributed by atoms with Crippen molar-refractivity contribution in [1.29, 1.82) is 0 Å². The molecule has 0 fully saturated rings. The van der Waals surface area contributed by atoms with E-state index in [-0.39, 0.29) is 11.8 Å². The van der Waals surface area contributed by atoms with Crippen LogP contribution >= 0.6 is 11.3 Å². The molecule has 6 nitrogen and oxygen atoms in total. The number of hydrazone groups is 1. The van der Waals surface area contributed by atoms with Gasteiger partial charge in [-0.25, -0.2) is 5.43 Å². The molecule has 0 radical (unpaired) electrons. The van der Waals surface area contributed by atoms with Crippen LogP contribution < -0.4 is 10.7 Å². The minimum atomic E-state index is -0.324. The van der Waals surface area contributed by atoms with Gasteiger partial charge in [0.15, 0.2) is 0 Å². The first-order valence-corrected chi connectivity index (χ1v) is 8.76. The van der Waals surface area contributed by atoms with E-state index in [0.717, 1.165) is 5.56 Å². The van der Waals surface area contributed by atoms with Crippen molar-refractivity contribution in [2.24, 2.45) is 5.10 Å². The van der Waals surface area contributed by atoms with Crippen molar-refractivity contribution >= 4 is 34.6 Å². The summed E-state index contributed by atoms with van der Waals surface area (Å²) in [5.41, 5.74) is 5.14. The number of benzene rings is 1. The number of hydrogen-bond acceptors (Lipinski definition) is 5. The van der Waals surface area contributed by atoms with Crippen molar-refractivity contribution in [3.63, 3.8) is 0 Å². The largest absolute Gasteiger partial charge is 0.469 e. The number of aryl methyl sites for hydroxylation is 1. The zero-order valence-electron chi connectivity index (χ0n) is 14.3. The van der Waals surface area contributed by atoms with E-state index >= 15 is 0 Å². The number of amides is 2. The molecule has 2 heterocycles. The van der Waals surface area contributed by atoms with Gasteiger partial charge in [-0.05, 0) is 49.1 Å². The number of rotatable bonds is 5. The minimum absolute atomic E-state index is 0.138. The Balaban J connectivity index is 1.63. The molecule has 26 heavy (non-hydrogen) atoms. The molecule has 0 aliphatic rings. The van der Waals surface area contributed by atoms with Crippen LogP contribution in [0, 0.1) is 6.92 Å². The van der Waals surface area contributed by atoms with E-state index in [1.807, 2.05) is 23.6 Å². The maximum Gasteiger partial charge on any atom is 0.274 e. The number of carbonyl (C=O) groups excluding carboxylic acids is 2. The lowest BCUT2D eigenvalue weighted by Crippen LogP contribution is -2.19. The lowest BCUT2D eigenvalue weighted by atomic mass is 10.1. The number of anilines is 1. The molecule has 0 spiro atoms. The van der Waals surface area contributed by atoms with Crippen molar-refractivity contribution in [2.45, 2.75) is 13.8 Å². The molecule has 3 aromatic rings. The van der Waals surface area contributed by atoms with Crippen LogP contribution in [-0.4, -0.2) is 17.5 Å². The number of carbonyl (C=O) groups is 2. The van der Waals surface area contributed by atoms with Gasteiger partial charge in [-0.15, -0.1) is 11.3 Å². The van der Waals surface area contributed by atoms with E-state index < -0.39 is 0 Å². The molecule has 0 bridgehead atoms.